The SMILES string of the molecule is C=C1C=C2[C@]3(CC[C@@H](C[C@H](CO)Cc4cc[nH]c4)C3)C[C@@]3(CC[C@@H](CCCO)C3)[C@@H]3CC=C[C@@]4([C@@H]1C4(C)C)[C@@]23C. The van der Waals surface area contributed by atoms with E-state index in [0.29, 0.717) is 29.8 Å². The van der Waals surface area contributed by atoms with Crippen molar-refractivity contribution in [3.05, 3.63) is 60.0 Å². The molecule has 9 atom stereocenters. The average molecular weight is 544 g/mol. The molecule has 3 N–H and O–H groups in total. The summed E-state index contributed by atoms with van der Waals surface area (Å²) in [5.74, 6) is 3.10. The molecule has 6 aliphatic carbocycles. The first-order valence-electron chi connectivity index (χ1n) is 16.6. The third kappa shape index (κ3) is 3.49. The fourth-order valence-electron chi connectivity index (χ4n) is 12.9. The molecule has 0 amide bonds. The van der Waals surface area contributed by atoms with Crippen LogP contribution in [0.5, 0.6) is 0 Å². The third-order valence-corrected chi connectivity index (χ3v) is 14.1. The van der Waals surface area contributed by atoms with E-state index >= 15 is 0 Å². The molecule has 0 radical (unpaired) electrons. The number of H-pyrrole nitrogens is 1. The predicted octanol–water partition coefficient (Wildman–Crippen LogP) is 8.03. The Bertz CT molecular complexity index is 1210. The molecule has 3 heteroatoms. The van der Waals surface area contributed by atoms with Gasteiger partial charge in [-0.1, -0.05) is 56.7 Å². The molecule has 0 aliphatic heterocycles. The van der Waals surface area contributed by atoms with Gasteiger partial charge in [0.05, 0.1) is 0 Å². The lowest BCUT2D eigenvalue weighted by atomic mass is 9.38. The molecule has 4 fully saturated rings. The maximum atomic E-state index is 10.4. The first-order valence-corrected chi connectivity index (χ1v) is 16.6. The fraction of sp³-hybridized carbons (Fsp3) is 0.730. The van der Waals surface area contributed by atoms with E-state index in [0.717, 1.165) is 31.1 Å². The van der Waals surface area contributed by atoms with Crippen LogP contribution in [0.2, 0.25) is 0 Å². The van der Waals surface area contributed by atoms with Gasteiger partial charge in [-0.3, -0.25) is 0 Å². The Labute approximate surface area is 242 Å². The Hall–Kier alpha value is -1.58. The average Bonchev–Trinajstić information content (AvgIpc) is 3.48. The van der Waals surface area contributed by atoms with Crippen LogP contribution < -0.4 is 0 Å². The molecule has 3 nitrogen and oxygen atoms in total. The van der Waals surface area contributed by atoms with Crippen molar-refractivity contribution in [2.45, 2.75) is 97.8 Å². The summed E-state index contributed by atoms with van der Waals surface area (Å²) in [5, 5.41) is 20.0. The molecular formula is C37H53NO2. The zero-order valence-electron chi connectivity index (χ0n) is 25.4. The molecule has 1 aromatic heterocycles. The number of fused-ring (bicyclic) bond motifs is 2. The van der Waals surface area contributed by atoms with Crippen molar-refractivity contribution in [2.75, 3.05) is 13.2 Å². The highest BCUT2D eigenvalue weighted by atomic mass is 16.3. The Morgan fingerprint density at radius 2 is 1.93 bits per heavy atom. The second kappa shape index (κ2) is 9.21. The highest BCUT2D eigenvalue weighted by Crippen LogP contribution is 2.89. The minimum atomic E-state index is 0.206. The number of hydrogen-bond acceptors (Lipinski definition) is 2. The Morgan fingerprint density at radius 1 is 1.10 bits per heavy atom. The van der Waals surface area contributed by atoms with Crippen LogP contribution in [0.4, 0.5) is 0 Å². The lowest BCUT2D eigenvalue weighted by Crippen LogP contribution is -2.58. The maximum Gasteiger partial charge on any atom is 0.0462 e. The second-order valence-electron chi connectivity index (χ2n) is 16.2. The smallest absolute Gasteiger partial charge is 0.0462 e. The highest BCUT2D eigenvalue weighted by Gasteiger charge is 2.83. The summed E-state index contributed by atoms with van der Waals surface area (Å²) in [5.41, 5.74) is 5.89. The van der Waals surface area contributed by atoms with Crippen molar-refractivity contribution in [1.82, 2.24) is 4.98 Å². The lowest BCUT2D eigenvalue weighted by Gasteiger charge is -2.66. The van der Waals surface area contributed by atoms with Crippen LogP contribution in [0.25, 0.3) is 0 Å². The summed E-state index contributed by atoms with van der Waals surface area (Å²) < 4.78 is 0. The van der Waals surface area contributed by atoms with Crippen molar-refractivity contribution in [3.63, 3.8) is 0 Å². The van der Waals surface area contributed by atoms with Gasteiger partial charge in [0.15, 0.2) is 0 Å². The zero-order valence-corrected chi connectivity index (χ0v) is 25.4. The van der Waals surface area contributed by atoms with Crippen molar-refractivity contribution in [3.8, 4) is 0 Å². The second-order valence-corrected chi connectivity index (χ2v) is 16.2. The highest BCUT2D eigenvalue weighted by molar-refractivity contribution is 5.56. The van der Waals surface area contributed by atoms with E-state index in [1.165, 1.54) is 68.9 Å². The number of allylic oxidation sites excluding steroid dienone is 5. The lowest BCUT2D eigenvalue weighted by molar-refractivity contribution is -0.0818. The van der Waals surface area contributed by atoms with Crippen LogP contribution >= 0.6 is 0 Å². The van der Waals surface area contributed by atoms with E-state index in [1.807, 2.05) is 6.20 Å². The molecule has 0 bridgehead atoms. The standard InChI is InChI=1S/C37H53NO2/c1-25-17-31-34(4)30(8-5-12-37(34)32(25)33(37,2)3)35(13-9-26(20-35)7-6-16-39)24-36(31)14-10-27(21-36)18-29(23-40)19-28-11-15-38-22-28/h5,11-12,15,17,22,26-27,29-30,32,38-40H,1,6-10,13-14,16,18-21,23-24H2,2-4H3/t26-,27+,29+,30-,32+,34-,35+,36+,37+/m1/s1. The summed E-state index contributed by atoms with van der Waals surface area (Å²) in [6.45, 7) is 13.2. The normalized spacial score (nSPS) is 45.0. The summed E-state index contributed by atoms with van der Waals surface area (Å²) in [6, 6.07) is 2.17. The van der Waals surface area contributed by atoms with Gasteiger partial charge in [-0.2, -0.15) is 0 Å². The molecular weight excluding hydrogens is 490 g/mol. The van der Waals surface area contributed by atoms with Crippen LogP contribution in [-0.4, -0.2) is 28.4 Å². The summed E-state index contributed by atoms with van der Waals surface area (Å²) in [6.07, 6.45) is 26.9. The van der Waals surface area contributed by atoms with Gasteiger partial charge < -0.3 is 15.2 Å². The molecule has 218 valence electrons. The molecule has 6 aliphatic rings. The van der Waals surface area contributed by atoms with Gasteiger partial charge in [-0.25, -0.2) is 0 Å². The van der Waals surface area contributed by atoms with E-state index in [9.17, 15) is 10.2 Å². The quantitative estimate of drug-likeness (QED) is 0.291. The number of hydrogen-bond donors (Lipinski definition) is 3. The number of aliphatic hydroxyl groups is 2. The van der Waals surface area contributed by atoms with E-state index in [-0.39, 0.29) is 28.3 Å². The minimum absolute atomic E-state index is 0.206. The van der Waals surface area contributed by atoms with Gasteiger partial charge in [0, 0.05) is 36.4 Å². The van der Waals surface area contributed by atoms with Crippen LogP contribution in [-0.2, 0) is 6.42 Å². The maximum absolute atomic E-state index is 10.4. The van der Waals surface area contributed by atoms with Gasteiger partial charge in [0.2, 0.25) is 0 Å². The Morgan fingerprint density at radius 3 is 2.67 bits per heavy atom. The molecule has 0 aromatic carbocycles. The number of rotatable bonds is 8. The molecule has 3 spiro atoms. The van der Waals surface area contributed by atoms with Crippen molar-refractivity contribution >= 4 is 0 Å². The molecule has 40 heavy (non-hydrogen) atoms. The van der Waals surface area contributed by atoms with E-state index in [2.05, 4.69) is 56.2 Å². The summed E-state index contributed by atoms with van der Waals surface area (Å²) in [4.78, 5) is 3.20. The van der Waals surface area contributed by atoms with Crippen molar-refractivity contribution in [2.24, 2.45) is 56.7 Å². The monoisotopic (exact) mass is 543 g/mol. The van der Waals surface area contributed by atoms with Gasteiger partial charge in [-0.15, -0.1) is 0 Å². The van der Waals surface area contributed by atoms with Crippen LogP contribution in [0.1, 0.15) is 97.0 Å². The van der Waals surface area contributed by atoms with Gasteiger partial charge in [-0.05, 0) is 135 Å². The number of aromatic amines is 1. The summed E-state index contributed by atoms with van der Waals surface area (Å²) >= 11 is 0. The van der Waals surface area contributed by atoms with Crippen LogP contribution in [0, 0.1) is 56.7 Å². The molecule has 4 saturated carbocycles. The van der Waals surface area contributed by atoms with Crippen LogP contribution in [0.15, 0.2) is 54.4 Å². The first kappa shape index (κ1) is 27.3. The van der Waals surface area contributed by atoms with Crippen molar-refractivity contribution in [1.29, 1.82) is 0 Å². The van der Waals surface area contributed by atoms with E-state index < -0.39 is 0 Å². The topological polar surface area (TPSA) is 56.2 Å². The Kier molecular flexibility index (Phi) is 6.28. The van der Waals surface area contributed by atoms with Gasteiger partial charge >= 0.3 is 0 Å². The van der Waals surface area contributed by atoms with Crippen LogP contribution in [0.3, 0.4) is 0 Å². The van der Waals surface area contributed by atoms with E-state index in [4.69, 9.17) is 6.58 Å². The number of nitrogens with one attached hydrogen (secondary N) is 1. The molecule has 7 rings (SSSR count). The van der Waals surface area contributed by atoms with Crippen molar-refractivity contribution < 1.29 is 10.2 Å². The van der Waals surface area contributed by atoms with E-state index in [1.54, 1.807) is 5.57 Å². The minimum Gasteiger partial charge on any atom is -0.396 e. The number of aromatic nitrogens is 1. The molecule has 0 saturated heterocycles. The Balaban J connectivity index is 1.26. The van der Waals surface area contributed by atoms with Gasteiger partial charge in [0.1, 0.15) is 0 Å². The number of aliphatic hydroxyl groups excluding tert-OH is 2. The molecule has 1 aromatic rings. The molecule has 0 unspecified atom stereocenters. The fourth-order valence-corrected chi connectivity index (χ4v) is 12.9. The largest absolute Gasteiger partial charge is 0.396 e. The zero-order chi connectivity index (χ0) is 28.0. The first-order chi connectivity index (χ1) is 19.2. The summed E-state index contributed by atoms with van der Waals surface area (Å²) in [7, 11) is 0. The third-order valence-electron chi connectivity index (χ3n) is 14.1. The molecule has 1 heterocycles. The van der Waals surface area contributed by atoms with Gasteiger partial charge in [0.25, 0.3) is 0 Å². The predicted molar refractivity (Wildman–Crippen MR) is 162 cm³/mol.